The third-order valence-electron chi connectivity index (χ3n) is 5.32. The molecule has 3 rings (SSSR count). The van der Waals surface area contributed by atoms with Crippen LogP contribution in [-0.4, -0.2) is 37.8 Å². The number of carboxylic acid groups (broad SMARTS) is 1. The summed E-state index contributed by atoms with van der Waals surface area (Å²) in [6.45, 7) is 2.14. The first kappa shape index (κ1) is 22.7. The first-order valence-electron chi connectivity index (χ1n) is 9.99. The van der Waals surface area contributed by atoms with E-state index < -0.39 is 23.1 Å². The number of nitrogens with one attached hydrogen (secondary N) is 1. The van der Waals surface area contributed by atoms with E-state index in [2.05, 4.69) is 10.3 Å². The Kier molecular flexibility index (Phi) is 6.42. The topological polar surface area (TPSA) is 143 Å². The number of carbonyl (C=O) groups excluding carboxylic acids is 1. The predicted octanol–water partition coefficient (Wildman–Crippen LogP) is -0.706. The van der Waals surface area contributed by atoms with Crippen LogP contribution in [0.3, 0.4) is 0 Å². The smallest absolute Gasteiger partial charge is 0.333 e. The van der Waals surface area contributed by atoms with E-state index in [4.69, 9.17) is 5.11 Å². The van der Waals surface area contributed by atoms with Crippen LogP contribution in [0.15, 0.2) is 38.5 Å². The van der Waals surface area contributed by atoms with E-state index in [-0.39, 0.29) is 30.9 Å². The lowest BCUT2D eigenvalue weighted by Crippen LogP contribution is -2.38. The van der Waals surface area contributed by atoms with Crippen LogP contribution >= 0.6 is 0 Å². The van der Waals surface area contributed by atoms with E-state index in [0.29, 0.717) is 12.1 Å². The first-order valence-corrected chi connectivity index (χ1v) is 9.99. The van der Waals surface area contributed by atoms with Crippen molar-refractivity contribution in [2.24, 2.45) is 19.1 Å². The van der Waals surface area contributed by atoms with E-state index in [9.17, 15) is 24.3 Å². The van der Waals surface area contributed by atoms with E-state index in [1.54, 1.807) is 0 Å². The fraction of sp³-hybridized carbons (Fsp3) is 0.318. The summed E-state index contributed by atoms with van der Waals surface area (Å²) in [6, 6.07) is 5.66. The summed E-state index contributed by atoms with van der Waals surface area (Å²) < 4.78 is 1.88. The van der Waals surface area contributed by atoms with Crippen LogP contribution < -0.4 is 27.1 Å². The van der Waals surface area contributed by atoms with Gasteiger partial charge in [-0.25, -0.2) is 9.79 Å². The average Bonchev–Trinajstić information content (AvgIpc) is 3.11. The monoisotopic (exact) mass is 440 g/mol. The van der Waals surface area contributed by atoms with E-state index in [1.807, 2.05) is 25.1 Å². The molecule has 0 spiro atoms. The zero-order chi connectivity index (χ0) is 23.6. The predicted molar refractivity (Wildman–Crippen MR) is 116 cm³/mol. The van der Waals surface area contributed by atoms with Gasteiger partial charge >= 0.3 is 11.7 Å². The summed E-state index contributed by atoms with van der Waals surface area (Å²) in [7, 11) is 2.69. The zero-order valence-electron chi connectivity index (χ0n) is 18.0. The van der Waals surface area contributed by atoms with Gasteiger partial charge in [-0.05, 0) is 30.6 Å². The highest BCUT2D eigenvalue weighted by molar-refractivity contribution is 5.81. The number of hydrogen-bond acceptors (Lipinski definition) is 6. The fourth-order valence-electron chi connectivity index (χ4n) is 3.52. The van der Waals surface area contributed by atoms with Gasteiger partial charge in [0.15, 0.2) is 0 Å². The third kappa shape index (κ3) is 4.39. The molecule has 1 aromatic heterocycles. The number of rotatable bonds is 7. The van der Waals surface area contributed by atoms with Gasteiger partial charge in [0.1, 0.15) is 5.56 Å². The number of amides is 1. The van der Waals surface area contributed by atoms with Crippen molar-refractivity contribution < 1.29 is 19.8 Å². The Morgan fingerprint density at radius 1 is 1.16 bits per heavy atom. The number of para-hydroxylation sites is 1. The normalized spacial score (nSPS) is 13.7. The summed E-state index contributed by atoms with van der Waals surface area (Å²) in [6.07, 6.45) is 1.45. The lowest BCUT2D eigenvalue weighted by molar-refractivity contribution is -0.138. The molecule has 1 aliphatic heterocycles. The Hall–Kier alpha value is -3.95. The first-order chi connectivity index (χ1) is 15.1. The molecule has 0 fully saturated rings. The number of hydrogen-bond donors (Lipinski definition) is 3. The molecule has 1 amide bonds. The quantitative estimate of drug-likeness (QED) is 0.519. The van der Waals surface area contributed by atoms with Gasteiger partial charge in [0, 0.05) is 32.3 Å². The molecule has 168 valence electrons. The van der Waals surface area contributed by atoms with E-state index in [1.165, 1.54) is 20.2 Å². The summed E-state index contributed by atoms with van der Waals surface area (Å²) in [5.41, 5.74) is 0.763. The molecule has 0 unspecified atom stereocenters. The Balaban J connectivity index is 2.01. The third-order valence-corrected chi connectivity index (χ3v) is 5.32. The molecule has 1 aromatic carbocycles. The molecule has 2 aromatic rings. The van der Waals surface area contributed by atoms with Gasteiger partial charge in [0.2, 0.25) is 11.8 Å². The molecule has 1 aliphatic rings. The van der Waals surface area contributed by atoms with Crippen LogP contribution in [0.4, 0.5) is 0 Å². The van der Waals surface area contributed by atoms with Gasteiger partial charge in [0.05, 0.1) is 17.5 Å². The fourth-order valence-corrected chi connectivity index (χ4v) is 3.52. The largest absolute Gasteiger partial charge is 0.494 e. The Morgan fingerprint density at radius 3 is 2.56 bits per heavy atom. The zero-order valence-corrected chi connectivity index (χ0v) is 18.0. The van der Waals surface area contributed by atoms with Crippen LogP contribution in [0, 0.1) is 6.92 Å². The summed E-state index contributed by atoms with van der Waals surface area (Å²) in [4.78, 5) is 51.8. The number of fused-ring (bicyclic) bond motifs is 1. The minimum atomic E-state index is -1.04. The van der Waals surface area contributed by atoms with E-state index in [0.717, 1.165) is 30.8 Å². The molecule has 0 radical (unpaired) electrons. The van der Waals surface area contributed by atoms with Crippen LogP contribution in [0.2, 0.25) is 0 Å². The van der Waals surface area contributed by atoms with Gasteiger partial charge < -0.3 is 15.5 Å². The molecule has 32 heavy (non-hydrogen) atoms. The summed E-state index contributed by atoms with van der Waals surface area (Å²) >= 11 is 0. The van der Waals surface area contributed by atoms with E-state index >= 15 is 0 Å². The highest BCUT2D eigenvalue weighted by Gasteiger charge is 2.19. The highest BCUT2D eigenvalue weighted by atomic mass is 16.4. The van der Waals surface area contributed by atoms with Crippen molar-refractivity contribution in [2.45, 2.75) is 26.2 Å². The molecule has 0 saturated carbocycles. The molecular weight excluding hydrogens is 416 g/mol. The maximum absolute atomic E-state index is 12.6. The van der Waals surface area contributed by atoms with Gasteiger partial charge in [0.25, 0.3) is 5.56 Å². The Morgan fingerprint density at radius 2 is 1.88 bits per heavy atom. The lowest BCUT2D eigenvalue weighted by Gasteiger charge is -2.10. The van der Waals surface area contributed by atoms with Crippen molar-refractivity contribution in [2.75, 3.05) is 6.54 Å². The second-order valence-electron chi connectivity index (χ2n) is 7.53. The van der Waals surface area contributed by atoms with Crippen LogP contribution in [0.5, 0.6) is 5.88 Å². The van der Waals surface area contributed by atoms with Crippen molar-refractivity contribution in [3.05, 3.63) is 66.4 Å². The number of aliphatic carboxylic acids is 1. The van der Waals surface area contributed by atoms with Crippen molar-refractivity contribution in [3.8, 4) is 5.88 Å². The number of aryl methyl sites for hydroxylation is 1. The molecule has 10 nitrogen and oxygen atoms in total. The van der Waals surface area contributed by atoms with Gasteiger partial charge in [-0.3, -0.25) is 23.5 Å². The SMILES string of the molecule is Cc1cccc2c1=N/C(=C\c1c(O)n(C)c(=O)n(C)c1=O)C=2CCNC(=O)CCC(=O)O. The van der Waals surface area contributed by atoms with Gasteiger partial charge in [-0.2, -0.15) is 0 Å². The summed E-state index contributed by atoms with van der Waals surface area (Å²) in [5, 5.41) is 23.4. The van der Waals surface area contributed by atoms with Crippen LogP contribution in [0.1, 0.15) is 30.4 Å². The van der Waals surface area contributed by atoms with Gasteiger partial charge in [-0.15, -0.1) is 0 Å². The standard InChI is InChI=1S/C22H24N4O6/c1-12-5-4-6-14-13(9-10-23-17(27)7-8-18(28)29)16(24-19(12)14)11-15-20(30)25(2)22(32)26(3)21(15)31/h4-6,11,30H,7-10H2,1-3H3,(H,23,27)(H,28,29)/b16-11-. The molecule has 0 aliphatic carbocycles. The van der Waals surface area contributed by atoms with Crippen molar-refractivity contribution in [3.63, 3.8) is 0 Å². The highest BCUT2D eigenvalue weighted by Crippen LogP contribution is 2.23. The number of benzene rings is 1. The van der Waals surface area contributed by atoms with Crippen molar-refractivity contribution >= 4 is 23.5 Å². The van der Waals surface area contributed by atoms with Gasteiger partial charge in [-0.1, -0.05) is 18.2 Å². The second kappa shape index (κ2) is 9.04. The number of nitrogens with zero attached hydrogens (tertiary/aromatic N) is 3. The number of aromatic hydroxyl groups is 1. The van der Waals surface area contributed by atoms with Crippen LogP contribution in [0.25, 0.3) is 11.6 Å². The number of allylic oxidation sites excluding steroid dienone is 1. The molecule has 3 N–H and O–H groups in total. The molecule has 2 heterocycles. The lowest BCUT2D eigenvalue weighted by atomic mass is 10.0. The van der Waals surface area contributed by atoms with Crippen molar-refractivity contribution in [1.82, 2.24) is 14.5 Å². The number of carbonyl (C=O) groups is 2. The van der Waals surface area contributed by atoms with Crippen molar-refractivity contribution in [1.29, 1.82) is 0 Å². The molecular formula is C22H24N4O6. The molecule has 0 atom stereocenters. The molecule has 0 bridgehead atoms. The number of aromatic nitrogens is 2. The maximum atomic E-state index is 12.6. The summed E-state index contributed by atoms with van der Waals surface area (Å²) in [5.74, 6) is -1.88. The minimum absolute atomic E-state index is 0.0678. The minimum Gasteiger partial charge on any atom is -0.494 e. The Labute approximate surface area is 182 Å². The number of carboxylic acids is 1. The molecule has 0 saturated heterocycles. The molecule has 10 heteroatoms. The Bertz CT molecular complexity index is 1380. The average molecular weight is 440 g/mol. The van der Waals surface area contributed by atoms with Crippen LogP contribution in [-0.2, 0) is 23.7 Å². The maximum Gasteiger partial charge on any atom is 0.333 e. The second-order valence-corrected chi connectivity index (χ2v) is 7.53.